The van der Waals surface area contributed by atoms with E-state index in [1.807, 2.05) is 43.3 Å². The zero-order chi connectivity index (χ0) is 13.8. The predicted molar refractivity (Wildman–Crippen MR) is 80.8 cm³/mol. The third-order valence-electron chi connectivity index (χ3n) is 2.77. The molecular formula is C16H13BrO2. The van der Waals surface area contributed by atoms with Gasteiger partial charge in [0.05, 0.1) is 5.57 Å². The number of benzene rings is 2. The van der Waals surface area contributed by atoms with Gasteiger partial charge in [0.2, 0.25) is 0 Å². The van der Waals surface area contributed by atoms with Gasteiger partial charge in [0, 0.05) is 4.47 Å². The molecule has 2 aromatic carbocycles. The summed E-state index contributed by atoms with van der Waals surface area (Å²) >= 11 is 3.34. The quantitative estimate of drug-likeness (QED) is 0.674. The molecule has 0 aromatic heterocycles. The Morgan fingerprint density at radius 1 is 1.05 bits per heavy atom. The van der Waals surface area contributed by atoms with Crippen LogP contribution in [0.5, 0.6) is 0 Å². The summed E-state index contributed by atoms with van der Waals surface area (Å²) in [5.74, 6) is -0.928. The van der Waals surface area contributed by atoms with Crippen LogP contribution in [0.2, 0.25) is 0 Å². The molecule has 1 N–H and O–H groups in total. The molecule has 0 fully saturated rings. The minimum atomic E-state index is -0.928. The molecule has 0 radical (unpaired) electrons. The molecular weight excluding hydrogens is 304 g/mol. The van der Waals surface area contributed by atoms with E-state index in [-0.39, 0.29) is 5.57 Å². The summed E-state index contributed by atoms with van der Waals surface area (Å²) in [5.41, 5.74) is 3.01. The maximum Gasteiger partial charge on any atom is 0.336 e. The molecule has 2 rings (SSSR count). The molecule has 0 spiro atoms. The largest absolute Gasteiger partial charge is 0.478 e. The Morgan fingerprint density at radius 2 is 1.63 bits per heavy atom. The molecule has 0 amide bonds. The molecule has 0 saturated carbocycles. The van der Waals surface area contributed by atoms with Crippen LogP contribution >= 0.6 is 15.9 Å². The van der Waals surface area contributed by atoms with Crippen LogP contribution < -0.4 is 0 Å². The Hall–Kier alpha value is -1.87. The average molecular weight is 317 g/mol. The number of hydrogen-bond donors (Lipinski definition) is 1. The first-order valence-electron chi connectivity index (χ1n) is 5.84. The first-order chi connectivity index (χ1) is 9.06. The van der Waals surface area contributed by atoms with Gasteiger partial charge in [-0.3, -0.25) is 0 Å². The van der Waals surface area contributed by atoms with Crippen molar-refractivity contribution in [1.82, 2.24) is 0 Å². The van der Waals surface area contributed by atoms with Gasteiger partial charge in [0.15, 0.2) is 0 Å². The lowest BCUT2D eigenvalue weighted by atomic mass is 10.0. The number of rotatable bonds is 3. The van der Waals surface area contributed by atoms with Crippen molar-refractivity contribution in [3.63, 3.8) is 0 Å². The van der Waals surface area contributed by atoms with E-state index in [0.29, 0.717) is 5.56 Å². The number of carboxylic acid groups (broad SMARTS) is 1. The maximum atomic E-state index is 11.4. The van der Waals surface area contributed by atoms with Crippen molar-refractivity contribution >= 4 is 33.5 Å². The van der Waals surface area contributed by atoms with Crippen molar-refractivity contribution in [2.24, 2.45) is 0 Å². The van der Waals surface area contributed by atoms with E-state index in [1.54, 1.807) is 18.2 Å². The Balaban J connectivity index is 2.43. The van der Waals surface area contributed by atoms with Crippen LogP contribution in [0.1, 0.15) is 16.7 Å². The highest BCUT2D eigenvalue weighted by atomic mass is 79.9. The second kappa shape index (κ2) is 5.85. The summed E-state index contributed by atoms with van der Waals surface area (Å²) in [7, 11) is 0. The minimum absolute atomic E-state index is 0.288. The molecule has 0 aliphatic heterocycles. The summed E-state index contributed by atoms with van der Waals surface area (Å²) in [4.78, 5) is 11.4. The van der Waals surface area contributed by atoms with E-state index in [0.717, 1.165) is 15.6 Å². The monoisotopic (exact) mass is 316 g/mol. The lowest BCUT2D eigenvalue weighted by Crippen LogP contribution is -1.99. The Kier molecular flexibility index (Phi) is 4.17. The van der Waals surface area contributed by atoms with E-state index in [9.17, 15) is 9.90 Å². The van der Waals surface area contributed by atoms with Crippen LogP contribution in [0.25, 0.3) is 11.6 Å². The topological polar surface area (TPSA) is 37.3 Å². The third kappa shape index (κ3) is 3.55. The van der Waals surface area contributed by atoms with Crippen molar-refractivity contribution in [2.75, 3.05) is 0 Å². The van der Waals surface area contributed by atoms with Crippen LogP contribution in [0.3, 0.4) is 0 Å². The van der Waals surface area contributed by atoms with Gasteiger partial charge in [-0.05, 0) is 36.3 Å². The maximum absolute atomic E-state index is 11.4. The fourth-order valence-electron chi connectivity index (χ4n) is 1.73. The molecule has 0 unspecified atom stereocenters. The van der Waals surface area contributed by atoms with E-state index in [1.165, 1.54) is 0 Å². The molecule has 19 heavy (non-hydrogen) atoms. The highest BCUT2D eigenvalue weighted by Gasteiger charge is 2.10. The highest BCUT2D eigenvalue weighted by molar-refractivity contribution is 9.10. The average Bonchev–Trinajstić information content (AvgIpc) is 2.39. The highest BCUT2D eigenvalue weighted by Crippen LogP contribution is 2.21. The fourth-order valence-corrected chi connectivity index (χ4v) is 1.99. The van der Waals surface area contributed by atoms with E-state index in [2.05, 4.69) is 15.9 Å². The fraction of sp³-hybridized carbons (Fsp3) is 0.0625. The summed E-state index contributed by atoms with van der Waals surface area (Å²) in [5, 5.41) is 9.33. The van der Waals surface area contributed by atoms with Gasteiger partial charge >= 0.3 is 5.97 Å². The van der Waals surface area contributed by atoms with Gasteiger partial charge in [-0.2, -0.15) is 0 Å². The standard InChI is InChI=1S/C16H13BrO2/c1-11-2-4-12(5-3-11)10-15(16(18)19)13-6-8-14(17)9-7-13/h2-10H,1H3,(H,18,19)/b15-10-. The second-order valence-corrected chi connectivity index (χ2v) is 5.20. The number of aliphatic carboxylic acids is 1. The van der Waals surface area contributed by atoms with E-state index < -0.39 is 5.97 Å². The lowest BCUT2D eigenvalue weighted by Gasteiger charge is -2.04. The smallest absolute Gasteiger partial charge is 0.336 e. The van der Waals surface area contributed by atoms with E-state index >= 15 is 0 Å². The molecule has 0 aliphatic rings. The van der Waals surface area contributed by atoms with Crippen molar-refractivity contribution in [3.05, 3.63) is 69.7 Å². The van der Waals surface area contributed by atoms with Gasteiger partial charge in [-0.25, -0.2) is 4.79 Å². The Morgan fingerprint density at radius 3 is 2.16 bits per heavy atom. The third-order valence-corrected chi connectivity index (χ3v) is 3.30. The van der Waals surface area contributed by atoms with Crippen LogP contribution in [-0.2, 0) is 4.79 Å². The van der Waals surface area contributed by atoms with Gasteiger partial charge < -0.3 is 5.11 Å². The van der Waals surface area contributed by atoms with Gasteiger partial charge in [0.1, 0.15) is 0 Å². The van der Waals surface area contributed by atoms with Crippen LogP contribution in [-0.4, -0.2) is 11.1 Å². The first kappa shape index (κ1) is 13.6. The number of halogens is 1. The zero-order valence-corrected chi connectivity index (χ0v) is 12.0. The van der Waals surface area contributed by atoms with Crippen LogP contribution in [0, 0.1) is 6.92 Å². The van der Waals surface area contributed by atoms with Crippen molar-refractivity contribution < 1.29 is 9.90 Å². The molecule has 96 valence electrons. The molecule has 0 bridgehead atoms. The second-order valence-electron chi connectivity index (χ2n) is 4.28. The normalized spacial score (nSPS) is 11.4. The zero-order valence-electron chi connectivity index (χ0n) is 10.4. The molecule has 0 saturated heterocycles. The Labute approximate surface area is 120 Å². The molecule has 3 heteroatoms. The predicted octanol–water partition coefficient (Wildman–Crippen LogP) is 4.38. The van der Waals surface area contributed by atoms with Gasteiger partial charge in [-0.15, -0.1) is 0 Å². The number of hydrogen-bond acceptors (Lipinski definition) is 1. The van der Waals surface area contributed by atoms with Gasteiger partial charge in [0.25, 0.3) is 0 Å². The summed E-state index contributed by atoms with van der Waals surface area (Å²) in [6.07, 6.45) is 1.69. The van der Waals surface area contributed by atoms with Crippen molar-refractivity contribution in [3.8, 4) is 0 Å². The Bertz CT molecular complexity index is 610. The van der Waals surface area contributed by atoms with Crippen LogP contribution in [0.15, 0.2) is 53.0 Å². The number of carboxylic acids is 1. The van der Waals surface area contributed by atoms with Gasteiger partial charge in [-0.1, -0.05) is 57.9 Å². The summed E-state index contributed by atoms with van der Waals surface area (Å²) in [6.45, 7) is 2.00. The molecule has 0 atom stereocenters. The minimum Gasteiger partial charge on any atom is -0.478 e. The summed E-state index contributed by atoms with van der Waals surface area (Å²) < 4.78 is 0.927. The van der Waals surface area contributed by atoms with Crippen molar-refractivity contribution in [2.45, 2.75) is 6.92 Å². The molecule has 0 heterocycles. The lowest BCUT2D eigenvalue weighted by molar-refractivity contribution is -0.130. The molecule has 2 aromatic rings. The first-order valence-corrected chi connectivity index (χ1v) is 6.63. The van der Waals surface area contributed by atoms with Crippen molar-refractivity contribution in [1.29, 1.82) is 0 Å². The summed E-state index contributed by atoms with van der Waals surface area (Å²) in [6, 6.07) is 15.0. The number of carbonyl (C=O) groups is 1. The molecule has 2 nitrogen and oxygen atoms in total. The SMILES string of the molecule is Cc1ccc(/C=C(\C(=O)O)c2ccc(Br)cc2)cc1. The van der Waals surface area contributed by atoms with E-state index in [4.69, 9.17) is 0 Å². The van der Waals surface area contributed by atoms with Crippen LogP contribution in [0.4, 0.5) is 0 Å². The molecule has 0 aliphatic carbocycles. The number of aryl methyl sites for hydroxylation is 1.